The molecule has 33 heavy (non-hydrogen) atoms. The van der Waals surface area contributed by atoms with Crippen molar-refractivity contribution in [3.63, 3.8) is 0 Å². The second-order valence-corrected chi connectivity index (χ2v) is 10.5. The van der Waals surface area contributed by atoms with Crippen molar-refractivity contribution in [2.45, 2.75) is 50.4 Å². The van der Waals surface area contributed by atoms with E-state index in [2.05, 4.69) is 33.0 Å². The number of nitrogens with one attached hydrogen (secondary N) is 3. The summed E-state index contributed by atoms with van der Waals surface area (Å²) in [5.74, 6) is 0.447. The molecule has 1 aromatic heterocycles. The van der Waals surface area contributed by atoms with Gasteiger partial charge in [-0.25, -0.2) is 15.8 Å². The lowest BCUT2D eigenvalue weighted by molar-refractivity contribution is -0.151. The van der Waals surface area contributed by atoms with Gasteiger partial charge in [0.15, 0.2) is 0 Å². The first-order valence-corrected chi connectivity index (χ1v) is 12.1. The zero-order chi connectivity index (χ0) is 23.5. The molecule has 1 amide bonds. The topological polar surface area (TPSA) is 111 Å². The normalized spacial score (nSPS) is 36.4. The highest BCUT2D eigenvalue weighted by Crippen LogP contribution is 2.43. The van der Waals surface area contributed by atoms with E-state index >= 15 is 0 Å². The van der Waals surface area contributed by atoms with Gasteiger partial charge in [0.25, 0.3) is 0 Å². The van der Waals surface area contributed by atoms with Gasteiger partial charge in [0.2, 0.25) is 5.91 Å². The quantitative estimate of drug-likeness (QED) is 0.479. The second kappa shape index (κ2) is 8.60. The van der Waals surface area contributed by atoms with Gasteiger partial charge in [0, 0.05) is 51.9 Å². The maximum atomic E-state index is 13.6. The summed E-state index contributed by atoms with van der Waals surface area (Å²) < 4.78 is 5.86. The monoisotopic (exact) mass is 478 g/mol. The van der Waals surface area contributed by atoms with Gasteiger partial charge in [-0.1, -0.05) is 11.6 Å². The van der Waals surface area contributed by atoms with Gasteiger partial charge in [-0.15, -0.1) is 0 Å². The highest BCUT2D eigenvalue weighted by molar-refractivity contribution is 6.33. The van der Waals surface area contributed by atoms with E-state index in [9.17, 15) is 4.79 Å². The lowest BCUT2D eigenvalue weighted by Crippen LogP contribution is -2.70. The van der Waals surface area contributed by atoms with E-state index in [1.165, 1.54) is 0 Å². The van der Waals surface area contributed by atoms with Crippen LogP contribution in [0.3, 0.4) is 0 Å². The average molecular weight is 479 g/mol. The first-order valence-electron chi connectivity index (χ1n) is 11.7. The van der Waals surface area contributed by atoms with Crippen LogP contribution in [-0.2, 0) is 9.53 Å². The molecule has 10 nitrogen and oxygen atoms in total. The summed E-state index contributed by atoms with van der Waals surface area (Å²) in [7, 11) is 5.68. The molecular formula is C22H35ClN8O2. The van der Waals surface area contributed by atoms with Gasteiger partial charge in [0.1, 0.15) is 12.1 Å². The molecule has 6 atom stereocenters. The van der Waals surface area contributed by atoms with E-state index in [0.717, 1.165) is 38.1 Å². The largest absolute Gasteiger partial charge is 0.376 e. The Morgan fingerprint density at radius 1 is 1.30 bits per heavy atom. The summed E-state index contributed by atoms with van der Waals surface area (Å²) in [6, 6.07) is 1.70. The van der Waals surface area contributed by atoms with Crippen molar-refractivity contribution in [3.8, 4) is 0 Å². The van der Waals surface area contributed by atoms with Crippen LogP contribution in [-0.4, -0.2) is 86.1 Å². The van der Waals surface area contributed by atoms with Crippen LogP contribution >= 0.6 is 11.6 Å². The molecule has 4 aliphatic heterocycles. The van der Waals surface area contributed by atoms with E-state index < -0.39 is 0 Å². The lowest BCUT2D eigenvalue weighted by atomic mass is 9.73. The maximum Gasteiger partial charge on any atom is 0.232 e. The third kappa shape index (κ3) is 3.72. The first-order chi connectivity index (χ1) is 15.7. The molecule has 5 heterocycles. The number of piperidine rings is 1. The number of rotatable bonds is 3. The lowest BCUT2D eigenvalue weighted by Gasteiger charge is -2.49. The Morgan fingerprint density at radius 2 is 2.03 bits per heavy atom. The molecular weight excluding hydrogens is 444 g/mol. The van der Waals surface area contributed by atoms with Gasteiger partial charge in [-0.05, 0) is 31.4 Å². The number of amides is 1. The number of carbonyl (C=O) groups excluding carboxylic acids is 1. The minimum absolute atomic E-state index is 0.0518. The smallest absolute Gasteiger partial charge is 0.232 e. The number of anilines is 1. The SMILES string of the molecule is C[C@@H]1OCC2(CCN(C3NC4NNC(c5ccnc(N(C)C)c5Cl)C4C(=O)N3C)CC2)[C@@H]1N. The van der Waals surface area contributed by atoms with Gasteiger partial charge < -0.3 is 20.3 Å². The molecule has 1 aromatic rings. The number of likely N-dealkylation sites (tertiary alicyclic amines) is 1. The highest BCUT2D eigenvalue weighted by atomic mass is 35.5. The van der Waals surface area contributed by atoms with E-state index in [4.69, 9.17) is 22.1 Å². The van der Waals surface area contributed by atoms with Crippen molar-refractivity contribution < 1.29 is 9.53 Å². The second-order valence-electron chi connectivity index (χ2n) is 10.1. The molecule has 0 aliphatic carbocycles. The van der Waals surface area contributed by atoms with Crippen LogP contribution in [0, 0.1) is 11.3 Å². The van der Waals surface area contributed by atoms with Crippen molar-refractivity contribution in [2.75, 3.05) is 45.7 Å². The Bertz CT molecular complexity index is 908. The molecule has 182 valence electrons. The summed E-state index contributed by atoms with van der Waals surface area (Å²) in [6.45, 7) is 4.54. The molecule has 0 aromatic carbocycles. The number of ether oxygens (including phenoxy) is 1. The van der Waals surface area contributed by atoms with Crippen LogP contribution in [0.15, 0.2) is 12.3 Å². The van der Waals surface area contributed by atoms with Gasteiger partial charge in [0.05, 0.1) is 35.9 Å². The Hall–Kier alpha value is -1.53. The number of nitrogens with two attached hydrogens (primary N) is 1. The molecule has 0 radical (unpaired) electrons. The fourth-order valence-corrected chi connectivity index (χ4v) is 6.32. The molecule has 4 fully saturated rings. The molecule has 4 aliphatic rings. The number of hydrogen-bond donors (Lipinski definition) is 4. The highest BCUT2D eigenvalue weighted by Gasteiger charge is 2.52. The maximum absolute atomic E-state index is 13.6. The Kier molecular flexibility index (Phi) is 6.05. The molecule has 11 heteroatoms. The number of halogens is 1. The number of aromatic nitrogens is 1. The third-order valence-corrected chi connectivity index (χ3v) is 8.47. The van der Waals surface area contributed by atoms with E-state index in [0.29, 0.717) is 10.8 Å². The fraction of sp³-hybridized carbons (Fsp3) is 0.727. The number of nitrogens with zero attached hydrogens (tertiary/aromatic N) is 4. The van der Waals surface area contributed by atoms with Gasteiger partial charge >= 0.3 is 0 Å². The minimum Gasteiger partial charge on any atom is -0.376 e. The van der Waals surface area contributed by atoms with Crippen molar-refractivity contribution >= 4 is 23.3 Å². The Labute approximate surface area is 200 Å². The third-order valence-electron chi connectivity index (χ3n) is 8.09. The Balaban J connectivity index is 1.31. The average Bonchev–Trinajstić information content (AvgIpc) is 3.34. The zero-order valence-corrected chi connectivity index (χ0v) is 20.5. The Morgan fingerprint density at radius 3 is 2.67 bits per heavy atom. The zero-order valence-electron chi connectivity index (χ0n) is 19.7. The van der Waals surface area contributed by atoms with Crippen LogP contribution in [0.2, 0.25) is 5.02 Å². The number of pyridine rings is 1. The number of fused-ring (bicyclic) bond motifs is 1. The van der Waals surface area contributed by atoms with Crippen LogP contribution in [0.5, 0.6) is 0 Å². The van der Waals surface area contributed by atoms with Crippen molar-refractivity contribution in [3.05, 3.63) is 22.8 Å². The van der Waals surface area contributed by atoms with E-state index in [-0.39, 0.29) is 47.9 Å². The first kappa shape index (κ1) is 23.2. The summed E-state index contributed by atoms with van der Waals surface area (Å²) in [5, 5.41) is 4.21. The van der Waals surface area contributed by atoms with Crippen molar-refractivity contribution in [2.24, 2.45) is 17.1 Å². The number of carbonyl (C=O) groups is 1. The van der Waals surface area contributed by atoms with Crippen LogP contribution in [0.4, 0.5) is 5.82 Å². The predicted molar refractivity (Wildman–Crippen MR) is 126 cm³/mol. The van der Waals surface area contributed by atoms with Crippen molar-refractivity contribution in [1.29, 1.82) is 0 Å². The fourth-order valence-electron chi connectivity index (χ4n) is 5.92. The van der Waals surface area contributed by atoms with Gasteiger partial charge in [-0.3, -0.25) is 15.0 Å². The molecule has 1 spiro atoms. The molecule has 5 N–H and O–H groups in total. The van der Waals surface area contributed by atoms with E-state index in [1.807, 2.05) is 37.0 Å². The van der Waals surface area contributed by atoms with Crippen molar-refractivity contribution in [1.82, 2.24) is 31.0 Å². The molecule has 4 unspecified atom stereocenters. The van der Waals surface area contributed by atoms with Crippen LogP contribution < -0.4 is 26.8 Å². The molecule has 5 rings (SSSR count). The summed E-state index contributed by atoms with van der Waals surface area (Å²) in [5.41, 5.74) is 14.0. The molecule has 0 saturated carbocycles. The summed E-state index contributed by atoms with van der Waals surface area (Å²) in [4.78, 5) is 24.0. The van der Waals surface area contributed by atoms with E-state index in [1.54, 1.807) is 6.20 Å². The van der Waals surface area contributed by atoms with Crippen LogP contribution in [0.25, 0.3) is 0 Å². The number of hydrogen-bond acceptors (Lipinski definition) is 9. The predicted octanol–water partition coefficient (Wildman–Crippen LogP) is 0.0656. The standard InChI is InChI=1S/C22H35ClN8O2/c1-12-17(24)22(11-33-12)6-9-31(10-7-22)21-26-18-14(20(32)30(21)4)16(27-28-18)13-5-8-25-19(15(13)23)29(2)3/h5,8,12,14,16-18,21,26-28H,6-7,9-11,24H2,1-4H3/t12-,14?,16?,17+,18?,21?/m0/s1. The van der Waals surface area contributed by atoms with Gasteiger partial charge in [-0.2, -0.15) is 0 Å². The summed E-state index contributed by atoms with van der Waals surface area (Å²) >= 11 is 6.68. The van der Waals surface area contributed by atoms with Crippen LogP contribution in [0.1, 0.15) is 31.4 Å². The number of hydrazine groups is 1. The summed E-state index contributed by atoms with van der Waals surface area (Å²) in [6.07, 6.45) is 3.41. The minimum atomic E-state index is -0.324. The molecule has 4 saturated heterocycles. The molecule has 0 bridgehead atoms.